The zero-order valence-corrected chi connectivity index (χ0v) is 24.1. The Kier molecular flexibility index (Phi) is 24.2. The van der Waals surface area contributed by atoms with Crippen molar-refractivity contribution in [2.75, 3.05) is 26.4 Å². The van der Waals surface area contributed by atoms with Crippen LogP contribution in [0.15, 0.2) is 12.2 Å². The molecule has 0 aromatic heterocycles. The zero-order valence-electron chi connectivity index (χ0n) is 23.2. The standard InChI is InChI=1S/C27H52NO8P/c1-3-5-7-8-9-10-11-12-13-14-15-16-18-20-27(31)34-23-25(29)24-36-37(32,33)35-22-21-28-26(30)19-17-6-4-2/h10-11,25,29H,3-9,12-24H2,1-2H3,(H,28,30)(H,32,33)/b11-10-. The number of esters is 1. The van der Waals surface area contributed by atoms with Crippen molar-refractivity contribution in [2.45, 2.75) is 123 Å². The van der Waals surface area contributed by atoms with Crippen LogP contribution in [0, 0.1) is 0 Å². The third kappa shape index (κ3) is 26.2. The van der Waals surface area contributed by atoms with Crippen molar-refractivity contribution in [1.82, 2.24) is 5.32 Å². The van der Waals surface area contributed by atoms with Gasteiger partial charge in [0.2, 0.25) is 5.91 Å². The summed E-state index contributed by atoms with van der Waals surface area (Å²) in [5.74, 6) is -0.553. The molecule has 0 aliphatic rings. The summed E-state index contributed by atoms with van der Waals surface area (Å²) < 4.78 is 26.3. The normalized spacial score (nSPS) is 13.9. The summed E-state index contributed by atoms with van der Waals surface area (Å²) in [4.78, 5) is 33.0. The van der Waals surface area contributed by atoms with Gasteiger partial charge < -0.3 is 20.1 Å². The van der Waals surface area contributed by atoms with Crippen LogP contribution < -0.4 is 5.32 Å². The van der Waals surface area contributed by atoms with Crippen LogP contribution in [0.3, 0.4) is 0 Å². The first-order chi connectivity index (χ1) is 17.8. The second-order valence-corrected chi connectivity index (χ2v) is 10.8. The number of phosphoric ester groups is 1. The fraction of sp³-hybridized carbons (Fsp3) is 0.852. The number of allylic oxidation sites excluding steroid dienone is 2. The Morgan fingerprint density at radius 2 is 1.38 bits per heavy atom. The molecule has 2 unspecified atom stereocenters. The van der Waals surface area contributed by atoms with Crippen LogP contribution in [0.2, 0.25) is 0 Å². The lowest BCUT2D eigenvalue weighted by Crippen LogP contribution is -2.27. The third-order valence-electron chi connectivity index (χ3n) is 5.70. The summed E-state index contributed by atoms with van der Waals surface area (Å²) in [6.07, 6.45) is 19.3. The number of carbonyl (C=O) groups is 2. The van der Waals surface area contributed by atoms with Gasteiger partial charge in [-0.2, -0.15) is 0 Å². The van der Waals surface area contributed by atoms with Crippen LogP contribution in [0.4, 0.5) is 0 Å². The fourth-order valence-electron chi connectivity index (χ4n) is 3.49. The van der Waals surface area contributed by atoms with E-state index in [1.54, 1.807) is 0 Å². The molecule has 0 spiro atoms. The van der Waals surface area contributed by atoms with Crippen molar-refractivity contribution in [3.05, 3.63) is 12.2 Å². The van der Waals surface area contributed by atoms with E-state index in [0.29, 0.717) is 6.42 Å². The van der Waals surface area contributed by atoms with Gasteiger partial charge in [0, 0.05) is 19.4 Å². The molecular weight excluding hydrogens is 497 g/mol. The maximum absolute atomic E-state index is 11.8. The molecule has 0 radical (unpaired) electrons. The number of aliphatic hydroxyl groups excluding tert-OH is 1. The lowest BCUT2D eigenvalue weighted by atomic mass is 10.1. The van der Waals surface area contributed by atoms with E-state index in [9.17, 15) is 24.2 Å². The predicted molar refractivity (Wildman–Crippen MR) is 146 cm³/mol. The monoisotopic (exact) mass is 549 g/mol. The molecule has 0 aliphatic carbocycles. The molecule has 1 amide bonds. The van der Waals surface area contributed by atoms with Gasteiger partial charge >= 0.3 is 13.8 Å². The highest BCUT2D eigenvalue weighted by molar-refractivity contribution is 7.47. The summed E-state index contributed by atoms with van der Waals surface area (Å²) in [5.41, 5.74) is 0. The summed E-state index contributed by atoms with van der Waals surface area (Å²) >= 11 is 0. The molecule has 0 aromatic rings. The van der Waals surface area contributed by atoms with E-state index >= 15 is 0 Å². The summed E-state index contributed by atoms with van der Waals surface area (Å²) in [5, 5.41) is 12.4. The van der Waals surface area contributed by atoms with Crippen molar-refractivity contribution < 1.29 is 37.9 Å². The molecule has 0 saturated carbocycles. The van der Waals surface area contributed by atoms with E-state index < -0.39 is 26.5 Å². The average Bonchev–Trinajstić information content (AvgIpc) is 2.87. The number of carbonyl (C=O) groups excluding carboxylic acids is 2. The molecule has 0 rings (SSSR count). The molecule has 3 N–H and O–H groups in total. The zero-order chi connectivity index (χ0) is 27.6. The lowest BCUT2D eigenvalue weighted by molar-refractivity contribution is -0.147. The maximum Gasteiger partial charge on any atom is 0.472 e. The SMILES string of the molecule is CCCCCC/C=C\CCCCCCCC(=O)OCC(O)COP(=O)(O)OCCNC(=O)CCCCC. The van der Waals surface area contributed by atoms with Crippen LogP contribution in [0.1, 0.15) is 117 Å². The molecule has 0 aliphatic heterocycles. The predicted octanol–water partition coefficient (Wildman–Crippen LogP) is 5.98. The van der Waals surface area contributed by atoms with E-state index in [1.165, 1.54) is 32.1 Å². The largest absolute Gasteiger partial charge is 0.472 e. The molecule has 218 valence electrons. The molecule has 9 nitrogen and oxygen atoms in total. The Morgan fingerprint density at radius 1 is 0.811 bits per heavy atom. The van der Waals surface area contributed by atoms with Crippen molar-refractivity contribution in [3.8, 4) is 0 Å². The number of aliphatic hydroxyl groups is 1. The highest BCUT2D eigenvalue weighted by Gasteiger charge is 2.23. The van der Waals surface area contributed by atoms with Gasteiger partial charge in [0.25, 0.3) is 0 Å². The van der Waals surface area contributed by atoms with Gasteiger partial charge in [-0.25, -0.2) is 4.57 Å². The fourth-order valence-corrected chi connectivity index (χ4v) is 4.25. The number of nitrogens with one attached hydrogen (secondary N) is 1. The van der Waals surface area contributed by atoms with Crippen LogP contribution in [-0.4, -0.2) is 54.3 Å². The molecule has 0 aromatic carbocycles. The minimum atomic E-state index is -4.38. The number of hydrogen-bond donors (Lipinski definition) is 3. The first-order valence-corrected chi connectivity index (χ1v) is 15.7. The van der Waals surface area contributed by atoms with Gasteiger partial charge in [-0.3, -0.25) is 18.6 Å². The Balaban J connectivity index is 3.67. The Hall–Kier alpha value is -1.25. The van der Waals surface area contributed by atoms with Gasteiger partial charge in [0.15, 0.2) is 0 Å². The van der Waals surface area contributed by atoms with E-state index in [1.807, 2.05) is 6.92 Å². The van der Waals surface area contributed by atoms with E-state index in [-0.39, 0.29) is 32.1 Å². The number of rotatable bonds is 26. The van der Waals surface area contributed by atoms with Crippen molar-refractivity contribution in [2.24, 2.45) is 0 Å². The van der Waals surface area contributed by atoms with Gasteiger partial charge in [-0.05, 0) is 38.5 Å². The molecule has 0 heterocycles. The molecule has 0 saturated heterocycles. The highest BCUT2D eigenvalue weighted by atomic mass is 31.2. The van der Waals surface area contributed by atoms with Crippen molar-refractivity contribution in [1.29, 1.82) is 0 Å². The number of hydrogen-bond acceptors (Lipinski definition) is 7. The van der Waals surface area contributed by atoms with Crippen LogP contribution in [0.5, 0.6) is 0 Å². The Morgan fingerprint density at radius 3 is 2.05 bits per heavy atom. The number of amides is 1. The van der Waals surface area contributed by atoms with Crippen LogP contribution in [0.25, 0.3) is 0 Å². The minimum absolute atomic E-state index is 0.0786. The molecule has 0 fully saturated rings. The third-order valence-corrected chi connectivity index (χ3v) is 6.68. The van der Waals surface area contributed by atoms with Gasteiger partial charge in [-0.1, -0.05) is 77.4 Å². The van der Waals surface area contributed by atoms with Gasteiger partial charge in [0.05, 0.1) is 13.2 Å². The molecule has 37 heavy (non-hydrogen) atoms. The highest BCUT2D eigenvalue weighted by Crippen LogP contribution is 2.42. The minimum Gasteiger partial charge on any atom is -0.463 e. The van der Waals surface area contributed by atoms with Crippen LogP contribution in [-0.2, 0) is 27.9 Å². The average molecular weight is 550 g/mol. The first-order valence-electron chi connectivity index (χ1n) is 14.2. The number of ether oxygens (including phenoxy) is 1. The molecule has 0 bridgehead atoms. The quantitative estimate of drug-likeness (QED) is 0.0520. The second-order valence-electron chi connectivity index (χ2n) is 9.37. The summed E-state index contributed by atoms with van der Waals surface area (Å²) in [6.45, 7) is 3.31. The molecule has 2 atom stereocenters. The smallest absolute Gasteiger partial charge is 0.463 e. The van der Waals surface area contributed by atoms with Gasteiger partial charge in [0.1, 0.15) is 12.7 Å². The first kappa shape index (κ1) is 35.8. The molecular formula is C27H52NO8P. The van der Waals surface area contributed by atoms with E-state index in [0.717, 1.165) is 57.8 Å². The van der Waals surface area contributed by atoms with E-state index in [2.05, 4.69) is 24.4 Å². The number of unbranched alkanes of at least 4 members (excludes halogenated alkanes) is 11. The van der Waals surface area contributed by atoms with Crippen molar-refractivity contribution >= 4 is 19.7 Å². The topological polar surface area (TPSA) is 131 Å². The summed E-state index contributed by atoms with van der Waals surface area (Å²) in [6, 6.07) is 0. The lowest BCUT2D eigenvalue weighted by Gasteiger charge is -2.15. The Labute approximate surface area is 224 Å². The van der Waals surface area contributed by atoms with E-state index in [4.69, 9.17) is 13.8 Å². The number of phosphoric acid groups is 1. The van der Waals surface area contributed by atoms with Crippen LogP contribution >= 0.6 is 7.82 Å². The maximum atomic E-state index is 11.8. The van der Waals surface area contributed by atoms with Gasteiger partial charge in [-0.15, -0.1) is 0 Å². The second kappa shape index (κ2) is 25.1. The Bertz CT molecular complexity index is 644. The molecule has 10 heteroatoms. The summed E-state index contributed by atoms with van der Waals surface area (Å²) in [7, 11) is -4.38. The van der Waals surface area contributed by atoms with Crippen molar-refractivity contribution in [3.63, 3.8) is 0 Å².